The van der Waals surface area contributed by atoms with Gasteiger partial charge in [-0.15, -0.1) is 0 Å². The molecule has 0 saturated carbocycles. The quantitative estimate of drug-likeness (QED) is 0.943. The number of aryl methyl sites for hydroxylation is 1. The number of nitrogens with zero attached hydrogens (tertiary/aromatic N) is 2. The van der Waals surface area contributed by atoms with Gasteiger partial charge in [0.1, 0.15) is 5.82 Å². The molecule has 0 saturated heterocycles. The monoisotopic (exact) mass is 292 g/mol. The SMILES string of the molecule is CN(Cc1cccc(F)c1)c1nc2c(s1)C(O)CCC2. The van der Waals surface area contributed by atoms with Crippen LogP contribution in [0.15, 0.2) is 24.3 Å². The van der Waals surface area contributed by atoms with E-state index >= 15 is 0 Å². The summed E-state index contributed by atoms with van der Waals surface area (Å²) in [5, 5.41) is 10.9. The minimum Gasteiger partial charge on any atom is -0.388 e. The molecule has 0 aliphatic heterocycles. The van der Waals surface area contributed by atoms with Gasteiger partial charge in [0.25, 0.3) is 0 Å². The van der Waals surface area contributed by atoms with Gasteiger partial charge in [0.05, 0.1) is 16.7 Å². The van der Waals surface area contributed by atoms with E-state index in [4.69, 9.17) is 0 Å². The van der Waals surface area contributed by atoms with Crippen molar-refractivity contribution in [2.24, 2.45) is 0 Å². The summed E-state index contributed by atoms with van der Waals surface area (Å²) in [6.45, 7) is 0.611. The molecule has 1 atom stereocenters. The third kappa shape index (κ3) is 2.69. The van der Waals surface area contributed by atoms with Crippen LogP contribution >= 0.6 is 11.3 Å². The molecule has 5 heteroatoms. The largest absolute Gasteiger partial charge is 0.388 e. The highest BCUT2D eigenvalue weighted by Gasteiger charge is 2.23. The second-order valence-corrected chi connectivity index (χ2v) is 6.21. The number of hydrogen-bond acceptors (Lipinski definition) is 4. The fourth-order valence-corrected chi connectivity index (χ4v) is 3.62. The second kappa shape index (κ2) is 5.50. The molecule has 1 N–H and O–H groups in total. The molecule has 1 aliphatic carbocycles. The molecule has 1 aromatic carbocycles. The molecule has 0 radical (unpaired) electrons. The standard InChI is InChI=1S/C15H17FN2OS/c1-18(9-10-4-2-5-11(16)8-10)15-17-12-6-3-7-13(19)14(12)20-15/h2,4-5,8,13,19H,3,6-7,9H2,1H3. The number of halogens is 1. The Morgan fingerprint density at radius 3 is 3.10 bits per heavy atom. The molecule has 20 heavy (non-hydrogen) atoms. The van der Waals surface area contributed by atoms with Gasteiger partial charge >= 0.3 is 0 Å². The maximum Gasteiger partial charge on any atom is 0.185 e. The average molecular weight is 292 g/mol. The summed E-state index contributed by atoms with van der Waals surface area (Å²) < 4.78 is 13.2. The molecule has 3 nitrogen and oxygen atoms in total. The molecular weight excluding hydrogens is 275 g/mol. The highest BCUT2D eigenvalue weighted by Crippen LogP contribution is 2.37. The van der Waals surface area contributed by atoms with Crippen molar-refractivity contribution in [2.75, 3.05) is 11.9 Å². The van der Waals surface area contributed by atoms with E-state index in [1.54, 1.807) is 23.5 Å². The van der Waals surface area contributed by atoms with E-state index < -0.39 is 0 Å². The van der Waals surface area contributed by atoms with Gasteiger partial charge in [-0.2, -0.15) is 0 Å². The minimum atomic E-state index is -0.368. The topological polar surface area (TPSA) is 36.4 Å². The number of fused-ring (bicyclic) bond motifs is 1. The summed E-state index contributed by atoms with van der Waals surface area (Å²) in [6.07, 6.45) is 2.39. The first kappa shape index (κ1) is 13.5. The Hall–Kier alpha value is -1.46. The van der Waals surface area contributed by atoms with Crippen LogP contribution in [0.3, 0.4) is 0 Å². The Kier molecular flexibility index (Phi) is 3.72. The van der Waals surface area contributed by atoms with Crippen molar-refractivity contribution >= 4 is 16.5 Å². The van der Waals surface area contributed by atoms with Crippen LogP contribution in [0, 0.1) is 5.82 Å². The number of benzene rings is 1. The zero-order valence-electron chi connectivity index (χ0n) is 11.3. The number of hydrogen-bond donors (Lipinski definition) is 1. The maximum atomic E-state index is 13.2. The molecule has 0 spiro atoms. The summed E-state index contributed by atoms with van der Waals surface area (Å²) in [5.41, 5.74) is 1.94. The number of aliphatic hydroxyl groups excluding tert-OH is 1. The van der Waals surface area contributed by atoms with Crippen LogP contribution in [-0.2, 0) is 13.0 Å². The molecule has 2 aromatic rings. The number of rotatable bonds is 3. The highest BCUT2D eigenvalue weighted by atomic mass is 32.1. The Balaban J connectivity index is 1.79. The first-order valence-electron chi connectivity index (χ1n) is 6.77. The lowest BCUT2D eigenvalue weighted by molar-refractivity contribution is 0.160. The van der Waals surface area contributed by atoms with Gasteiger partial charge in [0, 0.05) is 13.6 Å². The number of aliphatic hydroxyl groups is 1. The Labute approximate surface area is 121 Å². The zero-order valence-corrected chi connectivity index (χ0v) is 12.2. The summed E-state index contributed by atoms with van der Waals surface area (Å²) >= 11 is 1.55. The van der Waals surface area contributed by atoms with Gasteiger partial charge in [-0.3, -0.25) is 0 Å². The van der Waals surface area contributed by atoms with Crippen LogP contribution in [0.25, 0.3) is 0 Å². The fourth-order valence-electron chi connectivity index (χ4n) is 2.52. The molecule has 0 bridgehead atoms. The van der Waals surface area contributed by atoms with Crippen molar-refractivity contribution in [1.82, 2.24) is 4.98 Å². The van der Waals surface area contributed by atoms with Gasteiger partial charge in [0.2, 0.25) is 0 Å². The molecule has 0 amide bonds. The van der Waals surface area contributed by atoms with Gasteiger partial charge in [-0.25, -0.2) is 9.37 Å². The fraction of sp³-hybridized carbons (Fsp3) is 0.400. The van der Waals surface area contributed by atoms with Crippen LogP contribution in [0.2, 0.25) is 0 Å². The Morgan fingerprint density at radius 2 is 2.35 bits per heavy atom. The van der Waals surface area contributed by atoms with E-state index in [0.717, 1.165) is 40.5 Å². The smallest absolute Gasteiger partial charge is 0.185 e. The molecular formula is C15H17FN2OS. The molecule has 0 fully saturated rings. The van der Waals surface area contributed by atoms with Crippen molar-refractivity contribution in [3.8, 4) is 0 Å². The minimum absolute atomic E-state index is 0.218. The van der Waals surface area contributed by atoms with Crippen molar-refractivity contribution in [3.05, 3.63) is 46.2 Å². The Morgan fingerprint density at radius 1 is 1.50 bits per heavy atom. The lowest BCUT2D eigenvalue weighted by atomic mass is 10.0. The summed E-state index contributed by atoms with van der Waals surface area (Å²) in [5.74, 6) is -0.218. The predicted octanol–water partition coefficient (Wildman–Crippen LogP) is 3.29. The second-order valence-electron chi connectivity index (χ2n) is 5.20. The van der Waals surface area contributed by atoms with Crippen molar-refractivity contribution in [3.63, 3.8) is 0 Å². The number of thiazole rings is 1. The van der Waals surface area contributed by atoms with Crippen molar-refractivity contribution < 1.29 is 9.50 Å². The normalized spacial score (nSPS) is 17.9. The summed E-state index contributed by atoms with van der Waals surface area (Å²) in [6, 6.07) is 6.61. The van der Waals surface area contributed by atoms with Crippen LogP contribution in [0.4, 0.5) is 9.52 Å². The average Bonchev–Trinajstić information content (AvgIpc) is 2.84. The first-order chi connectivity index (χ1) is 9.63. The zero-order chi connectivity index (χ0) is 14.1. The van der Waals surface area contributed by atoms with E-state index in [-0.39, 0.29) is 11.9 Å². The molecule has 1 heterocycles. The highest BCUT2D eigenvalue weighted by molar-refractivity contribution is 7.15. The lowest BCUT2D eigenvalue weighted by Crippen LogP contribution is -2.16. The van der Waals surface area contributed by atoms with Crippen LogP contribution < -0.4 is 4.90 Å². The van der Waals surface area contributed by atoms with E-state index in [9.17, 15) is 9.50 Å². The van der Waals surface area contributed by atoms with Gasteiger partial charge in [0.15, 0.2) is 5.13 Å². The van der Waals surface area contributed by atoms with E-state index in [1.807, 2.05) is 18.0 Å². The number of aromatic nitrogens is 1. The molecule has 3 rings (SSSR count). The van der Waals surface area contributed by atoms with Gasteiger partial charge in [-0.1, -0.05) is 23.5 Å². The first-order valence-corrected chi connectivity index (χ1v) is 7.58. The van der Waals surface area contributed by atoms with Crippen LogP contribution in [-0.4, -0.2) is 17.1 Å². The van der Waals surface area contributed by atoms with Crippen LogP contribution in [0.5, 0.6) is 0 Å². The predicted molar refractivity (Wildman–Crippen MR) is 78.5 cm³/mol. The van der Waals surface area contributed by atoms with E-state index in [2.05, 4.69) is 4.98 Å². The summed E-state index contributed by atoms with van der Waals surface area (Å²) in [7, 11) is 1.95. The van der Waals surface area contributed by atoms with Gasteiger partial charge in [-0.05, 0) is 37.0 Å². The summed E-state index contributed by atoms with van der Waals surface area (Å²) in [4.78, 5) is 7.61. The van der Waals surface area contributed by atoms with Crippen LogP contribution in [0.1, 0.15) is 35.1 Å². The molecule has 1 aromatic heterocycles. The van der Waals surface area contributed by atoms with E-state index in [0.29, 0.717) is 6.54 Å². The maximum absolute atomic E-state index is 13.2. The van der Waals surface area contributed by atoms with Crippen molar-refractivity contribution in [2.45, 2.75) is 31.9 Å². The third-order valence-corrected chi connectivity index (χ3v) is 4.86. The molecule has 1 unspecified atom stereocenters. The Bertz CT molecular complexity index is 614. The molecule has 1 aliphatic rings. The van der Waals surface area contributed by atoms with E-state index in [1.165, 1.54) is 6.07 Å². The molecule has 106 valence electrons. The lowest BCUT2D eigenvalue weighted by Gasteiger charge is -2.15. The van der Waals surface area contributed by atoms with Gasteiger partial charge < -0.3 is 10.0 Å². The number of anilines is 1. The van der Waals surface area contributed by atoms with Crippen molar-refractivity contribution in [1.29, 1.82) is 0 Å². The third-order valence-electron chi connectivity index (χ3n) is 3.55.